The predicted octanol–water partition coefficient (Wildman–Crippen LogP) is 3.40. The van der Waals surface area contributed by atoms with Gasteiger partial charge in [0.15, 0.2) is 0 Å². The van der Waals surface area contributed by atoms with E-state index in [1.165, 1.54) is 12.0 Å². The van der Waals surface area contributed by atoms with Gasteiger partial charge in [0.05, 0.1) is 0 Å². The smallest absolute Gasteiger partial charge is 0.0431 e. The van der Waals surface area contributed by atoms with Crippen LogP contribution in [0.15, 0.2) is 30.3 Å². The Labute approximate surface area is 118 Å². The number of hydrogen-bond acceptors (Lipinski definition) is 2. The van der Waals surface area contributed by atoms with E-state index in [1.54, 1.807) is 0 Å². The first-order valence-corrected chi connectivity index (χ1v) is 7.62. The SMILES string of the molecule is CC.CC1(Cc2ccccc2)CC(CCCO)CN1. The largest absolute Gasteiger partial charge is 0.396 e. The van der Waals surface area contributed by atoms with Crippen LogP contribution in [0, 0.1) is 5.92 Å². The monoisotopic (exact) mass is 263 g/mol. The molecular weight excluding hydrogens is 234 g/mol. The molecule has 2 unspecified atom stereocenters. The van der Waals surface area contributed by atoms with E-state index in [1.807, 2.05) is 13.8 Å². The Balaban J connectivity index is 0.000000861. The summed E-state index contributed by atoms with van der Waals surface area (Å²) in [5.41, 5.74) is 1.65. The van der Waals surface area contributed by atoms with Crippen molar-refractivity contribution in [3.05, 3.63) is 35.9 Å². The van der Waals surface area contributed by atoms with Gasteiger partial charge in [0.25, 0.3) is 0 Å². The van der Waals surface area contributed by atoms with Gasteiger partial charge in [-0.15, -0.1) is 0 Å². The van der Waals surface area contributed by atoms with Crippen molar-refractivity contribution in [3.8, 4) is 0 Å². The van der Waals surface area contributed by atoms with Crippen LogP contribution < -0.4 is 5.32 Å². The summed E-state index contributed by atoms with van der Waals surface area (Å²) in [6.45, 7) is 7.74. The molecule has 0 amide bonds. The molecule has 0 radical (unpaired) electrons. The number of aliphatic hydroxyl groups excluding tert-OH is 1. The summed E-state index contributed by atoms with van der Waals surface area (Å²) in [5, 5.41) is 12.5. The Morgan fingerprint density at radius 1 is 1.26 bits per heavy atom. The van der Waals surface area contributed by atoms with E-state index in [9.17, 15) is 0 Å². The first-order valence-electron chi connectivity index (χ1n) is 7.62. The zero-order chi connectivity index (χ0) is 14.1. The Morgan fingerprint density at radius 3 is 2.58 bits per heavy atom. The fraction of sp³-hybridized carbons (Fsp3) is 0.647. The van der Waals surface area contributed by atoms with Gasteiger partial charge in [0.1, 0.15) is 0 Å². The standard InChI is InChI=1S/C15H23NO.C2H6/c1-15(10-13-6-3-2-4-7-13)11-14(12-16-15)8-5-9-17;1-2/h2-4,6-7,14,16-17H,5,8-12H2,1H3;1-2H3. The van der Waals surface area contributed by atoms with Gasteiger partial charge >= 0.3 is 0 Å². The summed E-state index contributed by atoms with van der Waals surface area (Å²) in [6.07, 6.45) is 4.41. The van der Waals surface area contributed by atoms with Gasteiger partial charge in [-0.1, -0.05) is 44.2 Å². The summed E-state index contributed by atoms with van der Waals surface area (Å²) < 4.78 is 0. The second-order valence-electron chi connectivity index (χ2n) is 5.54. The Bertz CT molecular complexity index is 338. The van der Waals surface area contributed by atoms with Crippen LogP contribution in [0.2, 0.25) is 0 Å². The summed E-state index contributed by atoms with van der Waals surface area (Å²) in [4.78, 5) is 0. The lowest BCUT2D eigenvalue weighted by Crippen LogP contribution is -2.38. The molecule has 108 valence electrons. The summed E-state index contributed by atoms with van der Waals surface area (Å²) in [7, 11) is 0. The third-order valence-electron chi connectivity index (χ3n) is 3.76. The highest BCUT2D eigenvalue weighted by Gasteiger charge is 2.33. The van der Waals surface area contributed by atoms with E-state index >= 15 is 0 Å². The first-order chi connectivity index (χ1) is 9.22. The minimum atomic E-state index is 0.238. The van der Waals surface area contributed by atoms with Crippen molar-refractivity contribution in [3.63, 3.8) is 0 Å². The van der Waals surface area contributed by atoms with Crippen LogP contribution in [0.5, 0.6) is 0 Å². The predicted molar refractivity (Wildman–Crippen MR) is 82.3 cm³/mol. The molecule has 2 heteroatoms. The van der Waals surface area contributed by atoms with Crippen molar-refractivity contribution in [1.82, 2.24) is 5.32 Å². The van der Waals surface area contributed by atoms with Gasteiger partial charge in [0.2, 0.25) is 0 Å². The maximum absolute atomic E-state index is 8.87. The fourth-order valence-corrected chi connectivity index (χ4v) is 2.94. The molecule has 1 aliphatic rings. The highest BCUT2D eigenvalue weighted by molar-refractivity contribution is 5.18. The lowest BCUT2D eigenvalue weighted by molar-refractivity contribution is 0.271. The number of nitrogens with one attached hydrogen (secondary N) is 1. The van der Waals surface area contributed by atoms with Crippen LogP contribution in [-0.4, -0.2) is 23.8 Å². The molecule has 0 aliphatic carbocycles. The zero-order valence-corrected chi connectivity index (χ0v) is 12.7. The van der Waals surface area contributed by atoms with Gasteiger partial charge < -0.3 is 10.4 Å². The van der Waals surface area contributed by atoms with Crippen molar-refractivity contribution in [2.24, 2.45) is 5.92 Å². The normalized spacial score (nSPS) is 25.8. The Hall–Kier alpha value is -0.860. The minimum absolute atomic E-state index is 0.238. The molecule has 0 saturated carbocycles. The van der Waals surface area contributed by atoms with Crippen molar-refractivity contribution in [2.45, 2.75) is 52.0 Å². The van der Waals surface area contributed by atoms with Crippen LogP contribution in [-0.2, 0) is 6.42 Å². The second kappa shape index (κ2) is 8.34. The molecule has 2 rings (SSSR count). The molecule has 1 aliphatic heterocycles. The van der Waals surface area contributed by atoms with Gasteiger partial charge in [-0.3, -0.25) is 0 Å². The molecule has 0 bridgehead atoms. The van der Waals surface area contributed by atoms with Crippen molar-refractivity contribution in [1.29, 1.82) is 0 Å². The average molecular weight is 263 g/mol. The van der Waals surface area contributed by atoms with Gasteiger partial charge in [-0.2, -0.15) is 0 Å². The van der Waals surface area contributed by atoms with E-state index in [-0.39, 0.29) is 5.54 Å². The average Bonchev–Trinajstić information content (AvgIpc) is 2.81. The topological polar surface area (TPSA) is 32.3 Å². The molecule has 1 aromatic rings. The Morgan fingerprint density at radius 2 is 1.95 bits per heavy atom. The highest BCUT2D eigenvalue weighted by atomic mass is 16.2. The molecule has 1 fully saturated rings. The third-order valence-corrected chi connectivity index (χ3v) is 3.76. The van der Waals surface area contributed by atoms with Gasteiger partial charge in [0, 0.05) is 12.1 Å². The molecule has 1 aromatic carbocycles. The Kier molecular flexibility index (Phi) is 7.11. The van der Waals surface area contributed by atoms with Crippen LogP contribution >= 0.6 is 0 Å². The maximum atomic E-state index is 8.87. The minimum Gasteiger partial charge on any atom is -0.396 e. The van der Waals surface area contributed by atoms with E-state index in [0.717, 1.165) is 31.7 Å². The van der Waals surface area contributed by atoms with Crippen molar-refractivity contribution < 1.29 is 5.11 Å². The van der Waals surface area contributed by atoms with Crippen LogP contribution in [0.4, 0.5) is 0 Å². The molecule has 1 saturated heterocycles. The first kappa shape index (κ1) is 16.2. The van der Waals surface area contributed by atoms with Crippen molar-refractivity contribution in [2.75, 3.05) is 13.2 Å². The molecule has 2 atom stereocenters. The zero-order valence-electron chi connectivity index (χ0n) is 12.7. The van der Waals surface area contributed by atoms with Crippen LogP contribution in [0.3, 0.4) is 0 Å². The quantitative estimate of drug-likeness (QED) is 0.853. The van der Waals surface area contributed by atoms with Crippen molar-refractivity contribution >= 4 is 0 Å². The van der Waals surface area contributed by atoms with E-state index in [0.29, 0.717) is 6.61 Å². The van der Waals surface area contributed by atoms with E-state index in [2.05, 4.69) is 42.6 Å². The molecule has 1 heterocycles. The second-order valence-corrected chi connectivity index (χ2v) is 5.54. The number of benzene rings is 1. The maximum Gasteiger partial charge on any atom is 0.0431 e. The fourth-order valence-electron chi connectivity index (χ4n) is 2.94. The summed E-state index contributed by atoms with van der Waals surface area (Å²) in [6, 6.07) is 10.7. The molecule has 19 heavy (non-hydrogen) atoms. The molecule has 0 spiro atoms. The van der Waals surface area contributed by atoms with E-state index < -0.39 is 0 Å². The number of hydrogen-bond donors (Lipinski definition) is 2. The highest BCUT2D eigenvalue weighted by Crippen LogP contribution is 2.29. The lowest BCUT2D eigenvalue weighted by atomic mass is 9.87. The van der Waals surface area contributed by atoms with Crippen LogP contribution in [0.1, 0.15) is 45.6 Å². The van der Waals surface area contributed by atoms with E-state index in [4.69, 9.17) is 5.11 Å². The third kappa shape index (κ3) is 5.33. The molecule has 0 aromatic heterocycles. The number of rotatable bonds is 5. The lowest BCUT2D eigenvalue weighted by Gasteiger charge is -2.24. The van der Waals surface area contributed by atoms with Gasteiger partial charge in [-0.25, -0.2) is 0 Å². The molecule has 2 nitrogen and oxygen atoms in total. The summed E-state index contributed by atoms with van der Waals surface area (Å²) in [5.74, 6) is 0.732. The number of aliphatic hydroxyl groups is 1. The summed E-state index contributed by atoms with van der Waals surface area (Å²) >= 11 is 0. The van der Waals surface area contributed by atoms with Crippen LogP contribution in [0.25, 0.3) is 0 Å². The molecule has 2 N–H and O–H groups in total. The van der Waals surface area contributed by atoms with Gasteiger partial charge in [-0.05, 0) is 50.6 Å². The molecular formula is C17H29NO.